The summed E-state index contributed by atoms with van der Waals surface area (Å²) >= 11 is 0. The first kappa shape index (κ1) is 11.7. The van der Waals surface area contributed by atoms with E-state index in [0.717, 1.165) is 18.9 Å². The number of hydrogen-bond acceptors (Lipinski definition) is 3. The number of hydrogen-bond donors (Lipinski definition) is 0. The number of benzene rings is 1. The molecule has 0 N–H and O–H groups in total. The molecule has 1 fully saturated rings. The first-order valence-corrected chi connectivity index (χ1v) is 4.90. The van der Waals surface area contributed by atoms with Gasteiger partial charge < -0.3 is 4.74 Å². The Bertz CT molecular complexity index is 455. The third kappa shape index (κ3) is 2.66. The van der Waals surface area contributed by atoms with Gasteiger partial charge >= 0.3 is 6.18 Å². The summed E-state index contributed by atoms with van der Waals surface area (Å²) in [6.45, 7) is 0. The minimum absolute atomic E-state index is 0.0189. The number of nitrogens with zero attached hydrogens (tertiary/aromatic N) is 1. The molecular formula is C10H8F3NO3. The Kier molecular flexibility index (Phi) is 2.68. The van der Waals surface area contributed by atoms with Crippen LogP contribution >= 0.6 is 0 Å². The van der Waals surface area contributed by atoms with Crippen molar-refractivity contribution in [1.29, 1.82) is 0 Å². The summed E-state index contributed by atoms with van der Waals surface area (Å²) in [6.07, 6.45) is -3.21. The molecule has 0 spiro atoms. The molecule has 1 aliphatic carbocycles. The van der Waals surface area contributed by atoms with E-state index in [1.165, 1.54) is 6.07 Å². The summed E-state index contributed by atoms with van der Waals surface area (Å²) in [5, 5.41) is 10.5. The Balaban J connectivity index is 2.38. The fourth-order valence-corrected chi connectivity index (χ4v) is 1.35. The molecule has 0 bridgehead atoms. The number of nitro groups is 1. The molecular weight excluding hydrogens is 239 g/mol. The second-order valence-electron chi connectivity index (χ2n) is 3.75. The molecule has 17 heavy (non-hydrogen) atoms. The van der Waals surface area contributed by atoms with Crippen LogP contribution in [0.25, 0.3) is 0 Å². The van der Waals surface area contributed by atoms with Crippen molar-refractivity contribution >= 4 is 5.69 Å². The van der Waals surface area contributed by atoms with Crippen molar-refractivity contribution in [3.63, 3.8) is 0 Å². The van der Waals surface area contributed by atoms with E-state index in [-0.39, 0.29) is 11.9 Å². The summed E-state index contributed by atoms with van der Waals surface area (Å²) in [5.41, 5.74) is -2.23. The van der Waals surface area contributed by atoms with E-state index in [1.54, 1.807) is 0 Å². The van der Waals surface area contributed by atoms with Crippen molar-refractivity contribution in [2.45, 2.75) is 25.1 Å². The standard InChI is InChI=1S/C10H8F3NO3/c11-10(12,13)8-5-7(17-6-1-2-6)3-4-9(8)14(15)16/h3-6H,1-2H2. The molecule has 0 atom stereocenters. The number of ether oxygens (including phenoxy) is 1. The Hall–Kier alpha value is -1.79. The normalized spacial score (nSPS) is 15.7. The highest BCUT2D eigenvalue weighted by atomic mass is 19.4. The van der Waals surface area contributed by atoms with Gasteiger partial charge in [-0.1, -0.05) is 0 Å². The highest BCUT2D eigenvalue weighted by Crippen LogP contribution is 2.39. The highest BCUT2D eigenvalue weighted by Gasteiger charge is 2.39. The first-order valence-electron chi connectivity index (χ1n) is 4.90. The summed E-state index contributed by atoms with van der Waals surface area (Å²) in [6, 6.07) is 2.68. The van der Waals surface area contributed by atoms with Crippen molar-refractivity contribution in [3.8, 4) is 5.75 Å². The second-order valence-corrected chi connectivity index (χ2v) is 3.75. The van der Waals surface area contributed by atoms with Gasteiger partial charge in [-0.3, -0.25) is 10.1 Å². The van der Waals surface area contributed by atoms with Crippen LogP contribution in [0.3, 0.4) is 0 Å². The van der Waals surface area contributed by atoms with Gasteiger partial charge in [-0.15, -0.1) is 0 Å². The third-order valence-corrected chi connectivity index (χ3v) is 2.30. The monoisotopic (exact) mass is 247 g/mol. The van der Waals surface area contributed by atoms with E-state index < -0.39 is 22.4 Å². The molecule has 7 heteroatoms. The number of nitro benzene ring substituents is 1. The number of rotatable bonds is 3. The average molecular weight is 247 g/mol. The molecule has 0 aliphatic heterocycles. The predicted molar refractivity (Wildman–Crippen MR) is 51.7 cm³/mol. The summed E-state index contributed by atoms with van der Waals surface area (Å²) < 4.78 is 42.9. The van der Waals surface area contributed by atoms with Crippen molar-refractivity contribution < 1.29 is 22.8 Å². The molecule has 1 saturated carbocycles. The van der Waals surface area contributed by atoms with Crippen molar-refractivity contribution in [2.75, 3.05) is 0 Å². The van der Waals surface area contributed by atoms with Gasteiger partial charge in [-0.25, -0.2) is 0 Å². The Morgan fingerprint density at radius 2 is 2.00 bits per heavy atom. The van der Waals surface area contributed by atoms with Gasteiger partial charge in [0.25, 0.3) is 5.69 Å². The van der Waals surface area contributed by atoms with Gasteiger partial charge in [-0.05, 0) is 25.0 Å². The molecule has 1 aliphatic rings. The van der Waals surface area contributed by atoms with E-state index >= 15 is 0 Å². The van der Waals surface area contributed by atoms with E-state index in [9.17, 15) is 23.3 Å². The summed E-state index contributed by atoms with van der Waals surface area (Å²) in [7, 11) is 0. The van der Waals surface area contributed by atoms with Crippen LogP contribution < -0.4 is 4.74 Å². The van der Waals surface area contributed by atoms with Gasteiger partial charge in [0.05, 0.1) is 11.0 Å². The van der Waals surface area contributed by atoms with Gasteiger partial charge in [-0.2, -0.15) is 13.2 Å². The van der Waals surface area contributed by atoms with Crippen LogP contribution in [0.2, 0.25) is 0 Å². The van der Waals surface area contributed by atoms with Crippen LogP contribution in [-0.2, 0) is 6.18 Å². The second kappa shape index (κ2) is 3.90. The lowest BCUT2D eigenvalue weighted by Crippen LogP contribution is -2.09. The topological polar surface area (TPSA) is 52.4 Å². The predicted octanol–water partition coefficient (Wildman–Crippen LogP) is 3.15. The lowest BCUT2D eigenvalue weighted by atomic mass is 10.1. The molecule has 0 aromatic heterocycles. The molecule has 92 valence electrons. The molecule has 0 radical (unpaired) electrons. The largest absolute Gasteiger partial charge is 0.490 e. The molecule has 0 unspecified atom stereocenters. The molecule has 0 saturated heterocycles. The maximum absolute atomic E-state index is 12.6. The fraction of sp³-hybridized carbons (Fsp3) is 0.400. The zero-order valence-corrected chi connectivity index (χ0v) is 8.53. The van der Waals surface area contributed by atoms with Crippen molar-refractivity contribution in [3.05, 3.63) is 33.9 Å². The molecule has 1 aromatic rings. The van der Waals surface area contributed by atoms with Crippen LogP contribution in [0.4, 0.5) is 18.9 Å². The average Bonchev–Trinajstić information content (AvgIpc) is 3.00. The molecule has 0 heterocycles. The van der Waals surface area contributed by atoms with Crippen molar-refractivity contribution in [2.24, 2.45) is 0 Å². The van der Waals surface area contributed by atoms with Crippen molar-refractivity contribution in [1.82, 2.24) is 0 Å². The SMILES string of the molecule is O=[N+]([O-])c1ccc(OC2CC2)cc1C(F)(F)F. The third-order valence-electron chi connectivity index (χ3n) is 2.30. The van der Waals surface area contributed by atoms with Gasteiger partial charge in [0.2, 0.25) is 0 Å². The van der Waals surface area contributed by atoms with Gasteiger partial charge in [0.15, 0.2) is 0 Å². The molecule has 0 amide bonds. The maximum Gasteiger partial charge on any atom is 0.423 e. The maximum atomic E-state index is 12.6. The van der Waals surface area contributed by atoms with Crippen LogP contribution in [0.15, 0.2) is 18.2 Å². The van der Waals surface area contributed by atoms with Gasteiger partial charge in [0, 0.05) is 6.07 Å². The quantitative estimate of drug-likeness (QED) is 0.609. The lowest BCUT2D eigenvalue weighted by Gasteiger charge is -2.10. The zero-order chi connectivity index (χ0) is 12.6. The minimum Gasteiger partial charge on any atom is -0.490 e. The zero-order valence-electron chi connectivity index (χ0n) is 8.53. The van der Waals surface area contributed by atoms with E-state index in [0.29, 0.717) is 6.07 Å². The molecule has 2 rings (SSSR count). The Morgan fingerprint density at radius 3 is 2.47 bits per heavy atom. The van der Waals surface area contributed by atoms with Crippen LogP contribution in [0.1, 0.15) is 18.4 Å². The molecule has 4 nitrogen and oxygen atoms in total. The number of alkyl halides is 3. The lowest BCUT2D eigenvalue weighted by molar-refractivity contribution is -0.388. The minimum atomic E-state index is -4.76. The Morgan fingerprint density at radius 1 is 1.35 bits per heavy atom. The highest BCUT2D eigenvalue weighted by molar-refractivity contribution is 5.47. The Labute approximate surface area is 94.1 Å². The van der Waals surface area contributed by atoms with Crippen LogP contribution in [0.5, 0.6) is 5.75 Å². The van der Waals surface area contributed by atoms with Crippen LogP contribution in [-0.4, -0.2) is 11.0 Å². The number of halogens is 3. The van der Waals surface area contributed by atoms with E-state index in [4.69, 9.17) is 4.74 Å². The van der Waals surface area contributed by atoms with Crippen LogP contribution in [0, 0.1) is 10.1 Å². The molecule has 1 aromatic carbocycles. The van der Waals surface area contributed by atoms with E-state index in [1.807, 2.05) is 0 Å². The van der Waals surface area contributed by atoms with E-state index in [2.05, 4.69) is 0 Å². The van der Waals surface area contributed by atoms with Gasteiger partial charge in [0.1, 0.15) is 11.3 Å². The smallest absolute Gasteiger partial charge is 0.423 e. The first-order chi connectivity index (χ1) is 7.88. The summed E-state index contributed by atoms with van der Waals surface area (Å²) in [5.74, 6) is 0.0189. The fourth-order valence-electron chi connectivity index (χ4n) is 1.35. The summed E-state index contributed by atoms with van der Waals surface area (Å²) in [4.78, 5) is 9.43.